The van der Waals surface area contributed by atoms with Crippen LogP contribution in [0.1, 0.15) is 40.0 Å². The van der Waals surface area contributed by atoms with Gasteiger partial charge in [-0.05, 0) is 33.2 Å². The van der Waals surface area contributed by atoms with E-state index in [-0.39, 0.29) is 18.6 Å². The summed E-state index contributed by atoms with van der Waals surface area (Å²) in [5.41, 5.74) is 0. The maximum Gasteiger partial charge on any atom is 0.389 e. The molecule has 0 rings (SSSR count). The molecule has 0 bridgehead atoms. The van der Waals surface area contributed by atoms with Gasteiger partial charge in [0.15, 0.2) is 0 Å². The van der Waals surface area contributed by atoms with Gasteiger partial charge in [0.2, 0.25) is 0 Å². The quantitative estimate of drug-likeness (QED) is 0.705. The van der Waals surface area contributed by atoms with Gasteiger partial charge in [-0.2, -0.15) is 13.2 Å². The SMILES string of the molecule is CCCNC(CCC(F)(F)F)C(C)OCC. The molecule has 0 aromatic heterocycles. The third kappa shape index (κ3) is 7.93. The van der Waals surface area contributed by atoms with E-state index in [0.29, 0.717) is 6.61 Å². The van der Waals surface area contributed by atoms with E-state index in [0.717, 1.165) is 13.0 Å². The normalized spacial score (nSPS) is 16.1. The van der Waals surface area contributed by atoms with Crippen molar-refractivity contribution in [2.24, 2.45) is 0 Å². The van der Waals surface area contributed by atoms with Crippen LogP contribution in [0.4, 0.5) is 13.2 Å². The van der Waals surface area contributed by atoms with Crippen LogP contribution in [0.5, 0.6) is 0 Å². The molecular weight excluding hydrogens is 219 g/mol. The minimum Gasteiger partial charge on any atom is -0.377 e. The van der Waals surface area contributed by atoms with Crippen molar-refractivity contribution in [1.29, 1.82) is 0 Å². The van der Waals surface area contributed by atoms with Gasteiger partial charge in [0.25, 0.3) is 0 Å². The molecule has 5 heteroatoms. The van der Waals surface area contributed by atoms with Gasteiger partial charge in [-0.15, -0.1) is 0 Å². The van der Waals surface area contributed by atoms with Gasteiger partial charge in [0.1, 0.15) is 0 Å². The fourth-order valence-electron chi connectivity index (χ4n) is 1.53. The molecule has 0 fully saturated rings. The van der Waals surface area contributed by atoms with Gasteiger partial charge < -0.3 is 10.1 Å². The summed E-state index contributed by atoms with van der Waals surface area (Å²) in [6, 6.07) is -0.221. The molecule has 0 heterocycles. The molecule has 98 valence electrons. The van der Waals surface area contributed by atoms with Gasteiger partial charge in [-0.25, -0.2) is 0 Å². The predicted octanol–water partition coefficient (Wildman–Crippen LogP) is 3.12. The maximum absolute atomic E-state index is 12.1. The van der Waals surface area contributed by atoms with Crippen molar-refractivity contribution >= 4 is 0 Å². The molecule has 16 heavy (non-hydrogen) atoms. The lowest BCUT2D eigenvalue weighted by molar-refractivity contribution is -0.138. The molecule has 0 aliphatic heterocycles. The van der Waals surface area contributed by atoms with Crippen molar-refractivity contribution in [3.63, 3.8) is 0 Å². The summed E-state index contributed by atoms with van der Waals surface area (Å²) >= 11 is 0. The topological polar surface area (TPSA) is 21.3 Å². The van der Waals surface area contributed by atoms with Crippen molar-refractivity contribution < 1.29 is 17.9 Å². The Morgan fingerprint density at radius 1 is 1.25 bits per heavy atom. The van der Waals surface area contributed by atoms with E-state index in [1.54, 1.807) is 0 Å². The standard InChI is InChI=1S/C11H22F3NO/c1-4-8-15-10(9(3)16-5-2)6-7-11(12,13)14/h9-10,15H,4-8H2,1-3H3. The van der Waals surface area contributed by atoms with Crippen LogP contribution in [0.3, 0.4) is 0 Å². The predicted molar refractivity (Wildman–Crippen MR) is 58.5 cm³/mol. The monoisotopic (exact) mass is 241 g/mol. The first-order valence-electron chi connectivity index (χ1n) is 5.82. The second kappa shape index (κ2) is 7.90. The Morgan fingerprint density at radius 3 is 2.31 bits per heavy atom. The van der Waals surface area contributed by atoms with E-state index in [1.807, 2.05) is 20.8 Å². The van der Waals surface area contributed by atoms with Crippen LogP contribution < -0.4 is 5.32 Å². The molecule has 2 unspecified atom stereocenters. The third-order valence-corrected chi connectivity index (χ3v) is 2.39. The Balaban J connectivity index is 4.08. The van der Waals surface area contributed by atoms with E-state index in [1.165, 1.54) is 0 Å². The highest BCUT2D eigenvalue weighted by molar-refractivity contribution is 4.75. The van der Waals surface area contributed by atoms with Gasteiger partial charge in [-0.3, -0.25) is 0 Å². The molecule has 0 radical (unpaired) electrons. The molecule has 0 spiro atoms. The third-order valence-electron chi connectivity index (χ3n) is 2.39. The minimum absolute atomic E-state index is 0.0741. The molecule has 0 amide bonds. The van der Waals surface area contributed by atoms with Crippen molar-refractivity contribution in [2.75, 3.05) is 13.2 Å². The smallest absolute Gasteiger partial charge is 0.377 e. The van der Waals surface area contributed by atoms with E-state index in [4.69, 9.17) is 4.74 Å². The van der Waals surface area contributed by atoms with Gasteiger partial charge in [-0.1, -0.05) is 6.92 Å². The fraction of sp³-hybridized carbons (Fsp3) is 1.00. The number of alkyl halides is 3. The number of rotatable bonds is 8. The zero-order chi connectivity index (χ0) is 12.6. The molecule has 2 nitrogen and oxygen atoms in total. The van der Waals surface area contributed by atoms with Crippen LogP contribution in [0.25, 0.3) is 0 Å². The summed E-state index contributed by atoms with van der Waals surface area (Å²) in [5.74, 6) is 0. The molecule has 0 aromatic carbocycles. The Morgan fingerprint density at radius 2 is 1.88 bits per heavy atom. The second-order valence-electron chi connectivity index (χ2n) is 3.87. The van der Waals surface area contributed by atoms with Crippen LogP contribution in [0.15, 0.2) is 0 Å². The zero-order valence-corrected chi connectivity index (χ0v) is 10.2. The van der Waals surface area contributed by atoms with E-state index in [2.05, 4.69) is 5.32 Å². The van der Waals surface area contributed by atoms with Crippen LogP contribution in [0.2, 0.25) is 0 Å². The summed E-state index contributed by atoms with van der Waals surface area (Å²) in [4.78, 5) is 0. The molecule has 2 atom stereocenters. The molecule has 0 saturated heterocycles. The Hall–Kier alpha value is -0.290. The van der Waals surface area contributed by atoms with E-state index in [9.17, 15) is 13.2 Å². The largest absolute Gasteiger partial charge is 0.389 e. The van der Waals surface area contributed by atoms with Crippen LogP contribution >= 0.6 is 0 Å². The first-order chi connectivity index (χ1) is 7.40. The van der Waals surface area contributed by atoms with Crippen LogP contribution in [-0.4, -0.2) is 31.5 Å². The van der Waals surface area contributed by atoms with Gasteiger partial charge in [0.05, 0.1) is 6.10 Å². The average Bonchev–Trinajstić information content (AvgIpc) is 2.16. The van der Waals surface area contributed by atoms with Gasteiger partial charge in [0, 0.05) is 19.1 Å². The fourth-order valence-corrected chi connectivity index (χ4v) is 1.53. The highest BCUT2D eigenvalue weighted by Crippen LogP contribution is 2.23. The lowest BCUT2D eigenvalue weighted by Crippen LogP contribution is -2.41. The number of halogens is 3. The Bertz CT molecular complexity index is 173. The highest BCUT2D eigenvalue weighted by Gasteiger charge is 2.29. The number of hydrogen-bond acceptors (Lipinski definition) is 2. The van der Waals surface area contributed by atoms with Crippen LogP contribution in [-0.2, 0) is 4.74 Å². The lowest BCUT2D eigenvalue weighted by atomic mass is 10.1. The molecule has 0 aliphatic rings. The maximum atomic E-state index is 12.1. The highest BCUT2D eigenvalue weighted by atomic mass is 19.4. The summed E-state index contributed by atoms with van der Waals surface area (Å²) < 4.78 is 41.7. The summed E-state index contributed by atoms with van der Waals surface area (Å²) in [7, 11) is 0. The minimum atomic E-state index is -4.09. The van der Waals surface area contributed by atoms with E-state index < -0.39 is 12.6 Å². The van der Waals surface area contributed by atoms with Crippen LogP contribution in [0, 0.1) is 0 Å². The van der Waals surface area contributed by atoms with Crippen molar-refractivity contribution in [1.82, 2.24) is 5.32 Å². The first-order valence-corrected chi connectivity index (χ1v) is 5.82. The molecule has 0 aliphatic carbocycles. The second-order valence-corrected chi connectivity index (χ2v) is 3.87. The van der Waals surface area contributed by atoms with Crippen molar-refractivity contribution in [2.45, 2.75) is 58.4 Å². The Labute approximate surface area is 95.5 Å². The summed E-state index contributed by atoms with van der Waals surface area (Å²) in [6.07, 6.45) is -4.05. The van der Waals surface area contributed by atoms with E-state index >= 15 is 0 Å². The number of nitrogens with one attached hydrogen (secondary N) is 1. The average molecular weight is 241 g/mol. The number of hydrogen-bond donors (Lipinski definition) is 1. The summed E-state index contributed by atoms with van der Waals surface area (Å²) in [5, 5.41) is 3.10. The van der Waals surface area contributed by atoms with Crippen molar-refractivity contribution in [3.05, 3.63) is 0 Å². The summed E-state index contributed by atoms with van der Waals surface area (Å²) in [6.45, 7) is 6.89. The lowest BCUT2D eigenvalue weighted by Gasteiger charge is -2.25. The van der Waals surface area contributed by atoms with Gasteiger partial charge >= 0.3 is 6.18 Å². The Kier molecular flexibility index (Phi) is 7.76. The molecular formula is C11H22F3NO. The van der Waals surface area contributed by atoms with Crippen molar-refractivity contribution in [3.8, 4) is 0 Å². The number of ether oxygens (including phenoxy) is 1. The molecule has 0 aromatic rings. The molecule has 1 N–H and O–H groups in total. The molecule has 0 saturated carbocycles. The zero-order valence-electron chi connectivity index (χ0n) is 10.2. The first kappa shape index (κ1) is 15.7.